The van der Waals surface area contributed by atoms with Gasteiger partial charge in [0.25, 0.3) is 0 Å². The third-order valence-corrected chi connectivity index (χ3v) is 5.40. The van der Waals surface area contributed by atoms with Crippen LogP contribution in [0.2, 0.25) is 5.02 Å². The summed E-state index contributed by atoms with van der Waals surface area (Å²) in [7, 11) is 0. The van der Waals surface area contributed by atoms with Gasteiger partial charge in [0.15, 0.2) is 0 Å². The minimum Gasteiger partial charge on any atom is -0.350 e. The molecule has 7 heteroatoms. The van der Waals surface area contributed by atoms with E-state index in [-0.39, 0.29) is 41.5 Å². The topological polar surface area (TPSA) is 44.4 Å². The molecule has 1 amide bonds. The number of carbonyl (C=O) groups is 1. The predicted molar refractivity (Wildman–Crippen MR) is 101 cm³/mol. The van der Waals surface area contributed by atoms with Gasteiger partial charge >= 0.3 is 0 Å². The van der Waals surface area contributed by atoms with Crippen LogP contribution in [0.3, 0.4) is 0 Å². The van der Waals surface area contributed by atoms with Gasteiger partial charge in [-0.1, -0.05) is 17.7 Å². The van der Waals surface area contributed by atoms with Crippen molar-refractivity contribution in [3.63, 3.8) is 0 Å². The van der Waals surface area contributed by atoms with Gasteiger partial charge in [-0.05, 0) is 57.4 Å². The van der Waals surface area contributed by atoms with Gasteiger partial charge in [-0.2, -0.15) is 0 Å². The molecule has 2 saturated heterocycles. The van der Waals surface area contributed by atoms with Crippen LogP contribution >= 0.6 is 24.0 Å². The lowest BCUT2D eigenvalue weighted by atomic mass is 9.98. The third-order valence-electron chi connectivity index (χ3n) is 5.09. The molecule has 2 aliphatic heterocycles. The van der Waals surface area contributed by atoms with Crippen LogP contribution in [0, 0.1) is 5.82 Å². The Balaban J connectivity index is 0.00000225. The lowest BCUT2D eigenvalue weighted by Gasteiger charge is -2.32. The lowest BCUT2D eigenvalue weighted by molar-refractivity contribution is -0.123. The molecular formula is C18H26Cl2FN3O. The Kier molecular flexibility index (Phi) is 7.09. The zero-order valence-electron chi connectivity index (χ0n) is 14.6. The van der Waals surface area contributed by atoms with E-state index in [2.05, 4.69) is 29.4 Å². The molecule has 1 aromatic rings. The highest BCUT2D eigenvalue weighted by Gasteiger charge is 2.38. The molecule has 25 heavy (non-hydrogen) atoms. The van der Waals surface area contributed by atoms with Crippen molar-refractivity contribution in [3.8, 4) is 0 Å². The van der Waals surface area contributed by atoms with Crippen molar-refractivity contribution in [2.45, 2.75) is 57.3 Å². The maximum atomic E-state index is 13.9. The highest BCUT2D eigenvalue weighted by Crippen LogP contribution is 2.35. The fourth-order valence-electron chi connectivity index (χ4n) is 3.86. The molecular weight excluding hydrogens is 364 g/mol. The van der Waals surface area contributed by atoms with Crippen molar-refractivity contribution >= 4 is 29.9 Å². The highest BCUT2D eigenvalue weighted by molar-refractivity contribution is 6.30. The average molecular weight is 390 g/mol. The van der Waals surface area contributed by atoms with Crippen LogP contribution in [0.25, 0.3) is 0 Å². The maximum absolute atomic E-state index is 13.9. The summed E-state index contributed by atoms with van der Waals surface area (Å²) >= 11 is 5.83. The first-order valence-corrected chi connectivity index (χ1v) is 9.09. The number of likely N-dealkylation sites (tertiary alicyclic amines) is 1. The molecule has 3 atom stereocenters. The number of nitrogens with one attached hydrogen (secondary N) is 2. The van der Waals surface area contributed by atoms with Crippen molar-refractivity contribution in [2.75, 3.05) is 13.1 Å². The normalized spacial score (nSPS) is 26.7. The molecule has 3 rings (SSSR count). The van der Waals surface area contributed by atoms with Gasteiger partial charge in [0.05, 0.1) is 17.1 Å². The number of hydrogen-bond acceptors (Lipinski definition) is 3. The van der Waals surface area contributed by atoms with E-state index in [1.165, 1.54) is 6.07 Å². The third kappa shape index (κ3) is 4.45. The first-order chi connectivity index (χ1) is 11.5. The standard InChI is InChI=1S/C18H25ClFN3O.ClH/c1-11(2)23-9-7-15(22-18(24)16-4-3-8-21-16)17(23)12-5-6-13(19)14(20)10-12;/h5-6,10-11,15-17,21H,3-4,7-9H2,1-2H3,(H,22,24);1H. The summed E-state index contributed by atoms with van der Waals surface area (Å²) in [5.41, 5.74) is 0.868. The fraction of sp³-hybridized carbons (Fsp3) is 0.611. The maximum Gasteiger partial charge on any atom is 0.237 e. The van der Waals surface area contributed by atoms with Gasteiger partial charge in [-0.3, -0.25) is 9.69 Å². The Labute approximate surface area is 159 Å². The Morgan fingerprint density at radius 1 is 1.40 bits per heavy atom. The molecule has 140 valence electrons. The fourth-order valence-corrected chi connectivity index (χ4v) is 3.98. The number of hydrogen-bond donors (Lipinski definition) is 2. The number of benzene rings is 1. The molecule has 0 spiro atoms. The second kappa shape index (κ2) is 8.67. The summed E-state index contributed by atoms with van der Waals surface area (Å²) in [4.78, 5) is 14.8. The van der Waals surface area contributed by atoms with Crippen molar-refractivity contribution in [2.24, 2.45) is 0 Å². The van der Waals surface area contributed by atoms with Gasteiger partial charge in [0.2, 0.25) is 5.91 Å². The van der Waals surface area contributed by atoms with Crippen molar-refractivity contribution in [3.05, 3.63) is 34.6 Å². The van der Waals surface area contributed by atoms with E-state index in [9.17, 15) is 9.18 Å². The highest BCUT2D eigenvalue weighted by atomic mass is 35.5. The van der Waals surface area contributed by atoms with E-state index in [1.54, 1.807) is 6.07 Å². The van der Waals surface area contributed by atoms with Crippen LogP contribution in [0.4, 0.5) is 4.39 Å². The van der Waals surface area contributed by atoms with E-state index >= 15 is 0 Å². The minimum atomic E-state index is -0.410. The predicted octanol–water partition coefficient (Wildman–Crippen LogP) is 3.29. The second-order valence-electron chi connectivity index (χ2n) is 7.00. The summed E-state index contributed by atoms with van der Waals surface area (Å²) in [6, 6.07) is 5.15. The Hall–Kier alpha value is -0.880. The van der Waals surface area contributed by atoms with Crippen molar-refractivity contribution in [1.82, 2.24) is 15.5 Å². The van der Waals surface area contributed by atoms with E-state index in [4.69, 9.17) is 11.6 Å². The summed E-state index contributed by atoms with van der Waals surface area (Å²) < 4.78 is 13.9. The molecule has 2 fully saturated rings. The molecule has 1 aromatic carbocycles. The molecule has 0 aliphatic carbocycles. The Morgan fingerprint density at radius 3 is 2.76 bits per heavy atom. The SMILES string of the molecule is CC(C)N1CCC(NC(=O)C2CCCN2)C1c1ccc(Cl)c(F)c1.Cl. The molecule has 2 heterocycles. The number of nitrogens with zero attached hydrogens (tertiary/aromatic N) is 1. The molecule has 0 saturated carbocycles. The van der Waals surface area contributed by atoms with Gasteiger partial charge in [0, 0.05) is 18.6 Å². The van der Waals surface area contributed by atoms with Gasteiger partial charge in [-0.15, -0.1) is 12.4 Å². The number of carbonyl (C=O) groups excluding carboxylic acids is 1. The minimum absolute atomic E-state index is 0. The second-order valence-corrected chi connectivity index (χ2v) is 7.41. The first kappa shape index (κ1) is 20.4. The smallest absolute Gasteiger partial charge is 0.237 e. The molecule has 4 nitrogen and oxygen atoms in total. The summed E-state index contributed by atoms with van der Waals surface area (Å²) in [6.45, 7) is 6.03. The van der Waals surface area contributed by atoms with Gasteiger partial charge in [0.1, 0.15) is 5.82 Å². The summed E-state index contributed by atoms with van der Waals surface area (Å²) in [6.07, 6.45) is 2.78. The van der Waals surface area contributed by atoms with E-state index in [0.29, 0.717) is 6.04 Å². The number of rotatable bonds is 4. The number of amides is 1. The van der Waals surface area contributed by atoms with Crippen LogP contribution in [-0.2, 0) is 4.79 Å². The monoisotopic (exact) mass is 389 g/mol. The van der Waals surface area contributed by atoms with Crippen LogP contribution in [-0.4, -0.2) is 42.0 Å². The van der Waals surface area contributed by atoms with Crippen LogP contribution in [0.1, 0.15) is 44.7 Å². The van der Waals surface area contributed by atoms with E-state index in [0.717, 1.165) is 37.9 Å². The molecule has 3 unspecified atom stereocenters. The summed E-state index contributed by atoms with van der Waals surface area (Å²) in [5.74, 6) is -0.352. The quantitative estimate of drug-likeness (QED) is 0.830. The average Bonchev–Trinajstić information content (AvgIpc) is 3.19. The molecule has 0 aromatic heterocycles. The van der Waals surface area contributed by atoms with Crippen LogP contribution in [0.15, 0.2) is 18.2 Å². The largest absolute Gasteiger partial charge is 0.350 e. The van der Waals surface area contributed by atoms with Crippen LogP contribution < -0.4 is 10.6 Å². The van der Waals surface area contributed by atoms with E-state index < -0.39 is 5.82 Å². The van der Waals surface area contributed by atoms with Crippen LogP contribution in [0.5, 0.6) is 0 Å². The first-order valence-electron chi connectivity index (χ1n) is 8.72. The lowest BCUT2D eigenvalue weighted by Crippen LogP contribution is -2.47. The molecule has 0 radical (unpaired) electrons. The summed E-state index contributed by atoms with van der Waals surface area (Å²) in [5, 5.41) is 6.55. The molecule has 0 bridgehead atoms. The zero-order valence-corrected chi connectivity index (χ0v) is 16.2. The Morgan fingerprint density at radius 2 is 2.16 bits per heavy atom. The molecule has 2 N–H and O–H groups in total. The zero-order chi connectivity index (χ0) is 17.3. The number of halogens is 3. The van der Waals surface area contributed by atoms with E-state index in [1.807, 2.05) is 6.07 Å². The Bertz CT molecular complexity index is 608. The molecule has 2 aliphatic rings. The van der Waals surface area contributed by atoms with Crippen molar-refractivity contribution in [1.29, 1.82) is 0 Å². The van der Waals surface area contributed by atoms with Gasteiger partial charge in [-0.25, -0.2) is 4.39 Å². The van der Waals surface area contributed by atoms with Gasteiger partial charge < -0.3 is 10.6 Å². The van der Waals surface area contributed by atoms with Crippen molar-refractivity contribution < 1.29 is 9.18 Å².